The smallest absolute Gasteiger partial charge is 0.242 e. The van der Waals surface area contributed by atoms with Gasteiger partial charge < -0.3 is 4.42 Å². The molecule has 0 aliphatic heterocycles. The molecule has 1 aromatic carbocycles. The van der Waals surface area contributed by atoms with Crippen LogP contribution in [0.4, 0.5) is 0 Å². The summed E-state index contributed by atoms with van der Waals surface area (Å²) < 4.78 is 32.0. The van der Waals surface area contributed by atoms with Gasteiger partial charge >= 0.3 is 0 Å². The molecule has 0 bridgehead atoms. The van der Waals surface area contributed by atoms with E-state index >= 15 is 0 Å². The van der Waals surface area contributed by atoms with Gasteiger partial charge in [-0.1, -0.05) is 23.2 Å². The van der Waals surface area contributed by atoms with Crippen molar-refractivity contribution in [3.63, 3.8) is 0 Å². The fourth-order valence-corrected chi connectivity index (χ4v) is 3.82. The van der Waals surface area contributed by atoms with Crippen LogP contribution in [0, 0.1) is 0 Å². The van der Waals surface area contributed by atoms with Crippen LogP contribution < -0.4 is 4.72 Å². The maximum absolute atomic E-state index is 12.3. The normalized spacial score (nSPS) is 13.3. The Bertz CT molecular complexity index is 684. The number of nitrogens with one attached hydrogen (secondary N) is 1. The molecule has 1 atom stereocenters. The third-order valence-corrected chi connectivity index (χ3v) is 4.97. The summed E-state index contributed by atoms with van der Waals surface area (Å²) in [5.41, 5.74) is 0.914. The molecule has 0 radical (unpaired) electrons. The molecule has 1 aromatic heterocycles. The molecule has 0 saturated carbocycles. The average molecular weight is 334 g/mol. The first-order valence-electron chi connectivity index (χ1n) is 5.87. The van der Waals surface area contributed by atoms with Crippen molar-refractivity contribution in [3.05, 3.63) is 52.4 Å². The Kier molecular flexibility index (Phi) is 4.75. The van der Waals surface area contributed by atoms with Crippen LogP contribution >= 0.6 is 23.2 Å². The lowest BCUT2D eigenvalue weighted by Gasteiger charge is -2.14. The number of sulfonamides is 1. The van der Waals surface area contributed by atoms with Crippen LogP contribution in [0.3, 0.4) is 0 Å². The zero-order chi connectivity index (χ0) is 14.8. The standard InChI is InChI=1S/C13H13Cl2NO3S/c1-9(6-10-4-5-19-8-10)16-20(17,18)13-7-11(14)2-3-12(13)15/h2-5,7-9,16H,6H2,1H3/t9-/m0/s1. The molecule has 0 aliphatic carbocycles. The van der Waals surface area contributed by atoms with Gasteiger partial charge in [-0.25, -0.2) is 13.1 Å². The van der Waals surface area contributed by atoms with E-state index in [1.165, 1.54) is 18.2 Å². The molecule has 108 valence electrons. The Morgan fingerprint density at radius 1 is 1.30 bits per heavy atom. The SMILES string of the molecule is C[C@@H](Cc1ccoc1)NS(=O)(=O)c1cc(Cl)ccc1Cl. The quantitative estimate of drug-likeness (QED) is 0.910. The second-order valence-corrected chi connectivity index (χ2v) is 6.96. The number of benzene rings is 1. The number of halogens is 2. The second kappa shape index (κ2) is 6.18. The van der Waals surface area contributed by atoms with Crippen molar-refractivity contribution in [1.29, 1.82) is 0 Å². The summed E-state index contributed by atoms with van der Waals surface area (Å²) in [7, 11) is -3.71. The van der Waals surface area contributed by atoms with Gasteiger partial charge in [0.05, 0.1) is 17.5 Å². The van der Waals surface area contributed by atoms with Gasteiger partial charge in [0.15, 0.2) is 0 Å². The van der Waals surface area contributed by atoms with E-state index in [9.17, 15) is 8.42 Å². The van der Waals surface area contributed by atoms with Gasteiger partial charge in [-0.15, -0.1) is 0 Å². The first kappa shape index (κ1) is 15.4. The minimum atomic E-state index is -3.71. The molecular weight excluding hydrogens is 321 g/mol. The summed E-state index contributed by atoms with van der Waals surface area (Å²) in [6.45, 7) is 1.77. The van der Waals surface area contributed by atoms with Crippen LogP contribution in [0.5, 0.6) is 0 Å². The van der Waals surface area contributed by atoms with Crippen molar-refractivity contribution < 1.29 is 12.8 Å². The van der Waals surface area contributed by atoms with Gasteiger partial charge in [-0.2, -0.15) is 0 Å². The molecule has 4 nitrogen and oxygen atoms in total. The van der Waals surface area contributed by atoms with E-state index in [1.54, 1.807) is 25.5 Å². The van der Waals surface area contributed by atoms with E-state index in [1.807, 2.05) is 0 Å². The van der Waals surface area contributed by atoms with E-state index in [0.717, 1.165) is 5.56 Å². The lowest BCUT2D eigenvalue weighted by molar-refractivity contribution is 0.549. The van der Waals surface area contributed by atoms with Crippen molar-refractivity contribution in [3.8, 4) is 0 Å². The predicted octanol–water partition coefficient (Wildman–Crippen LogP) is 3.50. The van der Waals surface area contributed by atoms with Crippen LogP contribution in [0.15, 0.2) is 46.1 Å². The molecule has 20 heavy (non-hydrogen) atoms. The van der Waals surface area contributed by atoms with Crippen LogP contribution in [-0.2, 0) is 16.4 Å². The molecular formula is C13H13Cl2NO3S. The van der Waals surface area contributed by atoms with E-state index in [0.29, 0.717) is 11.4 Å². The number of hydrogen-bond acceptors (Lipinski definition) is 3. The number of furan rings is 1. The predicted molar refractivity (Wildman–Crippen MR) is 78.7 cm³/mol. The Morgan fingerprint density at radius 3 is 2.70 bits per heavy atom. The monoisotopic (exact) mass is 333 g/mol. The molecule has 0 unspecified atom stereocenters. The number of rotatable bonds is 5. The molecule has 0 amide bonds. The minimum absolute atomic E-state index is 0.0225. The highest BCUT2D eigenvalue weighted by Gasteiger charge is 2.21. The van der Waals surface area contributed by atoms with Gasteiger partial charge in [0.25, 0.3) is 0 Å². The molecule has 1 N–H and O–H groups in total. The number of hydrogen-bond donors (Lipinski definition) is 1. The first-order chi connectivity index (χ1) is 9.38. The van der Waals surface area contributed by atoms with Gasteiger partial charge in [0.2, 0.25) is 10.0 Å². The highest BCUT2D eigenvalue weighted by Crippen LogP contribution is 2.25. The molecule has 0 fully saturated rings. The summed E-state index contributed by atoms with van der Waals surface area (Å²) >= 11 is 11.7. The Balaban J connectivity index is 2.16. The first-order valence-corrected chi connectivity index (χ1v) is 8.11. The van der Waals surface area contributed by atoms with Crippen molar-refractivity contribution >= 4 is 33.2 Å². The maximum atomic E-state index is 12.3. The molecule has 2 aromatic rings. The summed E-state index contributed by atoms with van der Waals surface area (Å²) in [4.78, 5) is -0.0225. The van der Waals surface area contributed by atoms with Gasteiger partial charge in [-0.05, 0) is 43.2 Å². The van der Waals surface area contributed by atoms with Gasteiger partial charge in [0.1, 0.15) is 4.90 Å². The topological polar surface area (TPSA) is 59.3 Å². The minimum Gasteiger partial charge on any atom is -0.472 e. The van der Waals surface area contributed by atoms with Crippen LogP contribution in [-0.4, -0.2) is 14.5 Å². The van der Waals surface area contributed by atoms with E-state index in [2.05, 4.69) is 4.72 Å². The van der Waals surface area contributed by atoms with Crippen LogP contribution in [0.1, 0.15) is 12.5 Å². The Morgan fingerprint density at radius 2 is 2.05 bits per heavy atom. The van der Waals surface area contributed by atoms with Crippen molar-refractivity contribution in [1.82, 2.24) is 4.72 Å². The zero-order valence-corrected chi connectivity index (χ0v) is 13.0. The lowest BCUT2D eigenvalue weighted by Crippen LogP contribution is -2.34. The van der Waals surface area contributed by atoms with Gasteiger partial charge in [0, 0.05) is 11.1 Å². The third kappa shape index (κ3) is 3.76. The summed E-state index contributed by atoms with van der Waals surface area (Å²) in [6, 6.07) is 5.82. The molecule has 0 spiro atoms. The Labute approximate surface area is 127 Å². The second-order valence-electron chi connectivity index (χ2n) is 4.43. The van der Waals surface area contributed by atoms with Crippen molar-refractivity contribution in [2.45, 2.75) is 24.3 Å². The summed E-state index contributed by atoms with van der Waals surface area (Å²) in [5, 5.41) is 0.453. The van der Waals surface area contributed by atoms with Crippen LogP contribution in [0.25, 0.3) is 0 Å². The Hall–Kier alpha value is -1.01. The highest BCUT2D eigenvalue weighted by molar-refractivity contribution is 7.89. The average Bonchev–Trinajstić information content (AvgIpc) is 2.84. The highest BCUT2D eigenvalue weighted by atomic mass is 35.5. The maximum Gasteiger partial charge on any atom is 0.242 e. The van der Waals surface area contributed by atoms with Crippen LogP contribution in [0.2, 0.25) is 10.0 Å². The lowest BCUT2D eigenvalue weighted by atomic mass is 10.1. The summed E-state index contributed by atoms with van der Waals surface area (Å²) in [5.74, 6) is 0. The summed E-state index contributed by atoms with van der Waals surface area (Å²) in [6.07, 6.45) is 3.65. The molecule has 0 saturated heterocycles. The molecule has 0 aliphatic rings. The fourth-order valence-electron chi connectivity index (χ4n) is 1.82. The largest absolute Gasteiger partial charge is 0.472 e. The fraction of sp³-hybridized carbons (Fsp3) is 0.231. The molecule has 2 rings (SSSR count). The van der Waals surface area contributed by atoms with Gasteiger partial charge in [-0.3, -0.25) is 0 Å². The van der Waals surface area contributed by atoms with Crippen molar-refractivity contribution in [2.24, 2.45) is 0 Å². The molecule has 7 heteroatoms. The van der Waals surface area contributed by atoms with E-state index < -0.39 is 10.0 Å². The van der Waals surface area contributed by atoms with Crippen molar-refractivity contribution in [2.75, 3.05) is 0 Å². The molecule has 1 heterocycles. The van der Waals surface area contributed by atoms with E-state index in [-0.39, 0.29) is 16.0 Å². The zero-order valence-electron chi connectivity index (χ0n) is 10.6. The van der Waals surface area contributed by atoms with E-state index in [4.69, 9.17) is 27.6 Å². The third-order valence-electron chi connectivity index (χ3n) is 2.66.